The van der Waals surface area contributed by atoms with E-state index in [1.54, 1.807) is 0 Å². The predicted molar refractivity (Wildman–Crippen MR) is 51.0 cm³/mol. The van der Waals surface area contributed by atoms with Gasteiger partial charge in [0, 0.05) is 0 Å². The molecule has 106 valence electrons. The monoisotopic (exact) mass is 287 g/mol. The van der Waals surface area contributed by atoms with Gasteiger partial charge in [0.05, 0.1) is 11.1 Å². The van der Waals surface area contributed by atoms with Crippen LogP contribution in [-0.4, -0.2) is 11.1 Å². The number of hydrogen-bond acceptors (Lipinski definition) is 2. The summed E-state index contributed by atoms with van der Waals surface area (Å²) in [6.07, 6.45) is -10.5. The highest BCUT2D eigenvalue weighted by Gasteiger charge is 2.43. The largest absolute Gasteiger partial charge is 0.480 e. The Morgan fingerprint density at radius 2 is 1.53 bits per heavy atom. The standard InChI is InChI=1S/C10H7F6NO2/c11-9(12,13)5-2-1-4(7(17)8(18)19)3-6(5)10(14,15)16/h1-3,7H,17H2,(H,18,19)/t7-/m0/s1. The Kier molecular flexibility index (Phi) is 3.80. The summed E-state index contributed by atoms with van der Waals surface area (Å²) in [4.78, 5) is 10.5. The van der Waals surface area contributed by atoms with Gasteiger partial charge in [0.25, 0.3) is 0 Å². The van der Waals surface area contributed by atoms with Gasteiger partial charge in [-0.25, -0.2) is 0 Å². The molecule has 1 atom stereocenters. The molecule has 0 saturated heterocycles. The highest BCUT2D eigenvalue weighted by Crippen LogP contribution is 2.41. The van der Waals surface area contributed by atoms with Gasteiger partial charge >= 0.3 is 18.3 Å². The summed E-state index contributed by atoms with van der Waals surface area (Å²) in [6.45, 7) is 0. The van der Waals surface area contributed by atoms with Gasteiger partial charge in [0.1, 0.15) is 6.04 Å². The minimum absolute atomic E-state index is 0.0988. The first-order chi connectivity index (χ1) is 8.44. The van der Waals surface area contributed by atoms with Crippen molar-refractivity contribution in [1.82, 2.24) is 0 Å². The number of hydrogen-bond donors (Lipinski definition) is 2. The number of halogens is 6. The molecule has 1 aromatic carbocycles. The van der Waals surface area contributed by atoms with Crippen molar-refractivity contribution in [2.75, 3.05) is 0 Å². The summed E-state index contributed by atoms with van der Waals surface area (Å²) in [5.74, 6) is -1.65. The smallest absolute Gasteiger partial charge is 0.417 e. The maximum Gasteiger partial charge on any atom is 0.417 e. The zero-order valence-corrected chi connectivity index (χ0v) is 9.01. The lowest BCUT2D eigenvalue weighted by Gasteiger charge is -2.17. The van der Waals surface area contributed by atoms with Crippen molar-refractivity contribution in [2.45, 2.75) is 18.4 Å². The Morgan fingerprint density at radius 1 is 1.05 bits per heavy atom. The third kappa shape index (κ3) is 3.37. The quantitative estimate of drug-likeness (QED) is 0.822. The van der Waals surface area contributed by atoms with Crippen LogP contribution in [0.4, 0.5) is 26.3 Å². The molecule has 0 aliphatic carbocycles. The third-order valence-electron chi connectivity index (χ3n) is 2.28. The number of carboxylic acid groups (broad SMARTS) is 1. The summed E-state index contributed by atoms with van der Waals surface area (Å²) in [7, 11) is 0. The molecule has 0 amide bonds. The van der Waals surface area contributed by atoms with E-state index in [0.717, 1.165) is 0 Å². The van der Waals surface area contributed by atoms with Crippen LogP contribution in [0, 0.1) is 0 Å². The topological polar surface area (TPSA) is 63.3 Å². The molecule has 0 fully saturated rings. The molecular weight excluding hydrogens is 280 g/mol. The van der Waals surface area contributed by atoms with Crippen LogP contribution in [0.1, 0.15) is 22.7 Å². The van der Waals surface area contributed by atoms with Gasteiger partial charge in [-0.15, -0.1) is 0 Å². The number of benzene rings is 1. The van der Waals surface area contributed by atoms with Gasteiger partial charge in [0.15, 0.2) is 0 Å². The molecule has 0 aromatic heterocycles. The highest BCUT2D eigenvalue weighted by atomic mass is 19.4. The molecule has 0 heterocycles. The van der Waals surface area contributed by atoms with Gasteiger partial charge < -0.3 is 10.8 Å². The van der Waals surface area contributed by atoms with Crippen molar-refractivity contribution in [3.8, 4) is 0 Å². The second kappa shape index (κ2) is 4.72. The Morgan fingerprint density at radius 3 is 1.89 bits per heavy atom. The summed E-state index contributed by atoms with van der Waals surface area (Å²) in [6, 6.07) is -0.956. The minimum Gasteiger partial charge on any atom is -0.480 e. The first kappa shape index (κ1) is 15.3. The van der Waals surface area contributed by atoms with Crippen LogP contribution in [0.25, 0.3) is 0 Å². The van der Waals surface area contributed by atoms with E-state index in [0.29, 0.717) is 6.07 Å². The number of alkyl halides is 6. The normalized spacial score (nSPS) is 14.3. The third-order valence-corrected chi connectivity index (χ3v) is 2.28. The van der Waals surface area contributed by atoms with Gasteiger partial charge in [-0.3, -0.25) is 4.79 Å². The second-order valence-electron chi connectivity index (χ2n) is 3.62. The molecule has 0 radical (unpaired) electrons. The highest BCUT2D eigenvalue weighted by molar-refractivity contribution is 5.75. The van der Waals surface area contributed by atoms with E-state index in [-0.39, 0.29) is 12.1 Å². The van der Waals surface area contributed by atoms with E-state index >= 15 is 0 Å². The first-order valence-electron chi connectivity index (χ1n) is 4.71. The van der Waals surface area contributed by atoms with Gasteiger partial charge in [0.2, 0.25) is 0 Å². The van der Waals surface area contributed by atoms with E-state index in [4.69, 9.17) is 10.8 Å². The maximum absolute atomic E-state index is 12.5. The summed E-state index contributed by atoms with van der Waals surface area (Å²) in [5.41, 5.74) is 0.647. The van der Waals surface area contributed by atoms with Gasteiger partial charge in [-0.05, 0) is 17.7 Å². The van der Waals surface area contributed by atoms with Gasteiger partial charge in [-0.2, -0.15) is 26.3 Å². The molecule has 0 spiro atoms. The first-order valence-corrected chi connectivity index (χ1v) is 4.71. The molecule has 3 nitrogen and oxygen atoms in total. The molecule has 0 saturated carbocycles. The lowest BCUT2D eigenvalue weighted by Crippen LogP contribution is -2.23. The number of rotatable bonds is 2. The van der Waals surface area contributed by atoms with Crippen LogP contribution in [0.3, 0.4) is 0 Å². The van der Waals surface area contributed by atoms with Crippen molar-refractivity contribution in [3.05, 3.63) is 34.9 Å². The van der Waals surface area contributed by atoms with E-state index in [1.165, 1.54) is 0 Å². The van der Waals surface area contributed by atoms with Crippen LogP contribution in [-0.2, 0) is 17.1 Å². The molecule has 0 unspecified atom stereocenters. The van der Waals surface area contributed by atoms with Crippen molar-refractivity contribution in [2.24, 2.45) is 5.73 Å². The van der Waals surface area contributed by atoms with Gasteiger partial charge in [-0.1, -0.05) is 6.07 Å². The Balaban J connectivity index is 3.44. The average molecular weight is 287 g/mol. The maximum atomic E-state index is 12.5. The van der Waals surface area contributed by atoms with Crippen LogP contribution in [0.15, 0.2) is 18.2 Å². The second-order valence-corrected chi connectivity index (χ2v) is 3.62. The fraction of sp³-hybridized carbons (Fsp3) is 0.300. The molecule has 1 aromatic rings. The number of nitrogens with two attached hydrogens (primary N) is 1. The number of aliphatic carboxylic acids is 1. The fourth-order valence-electron chi connectivity index (χ4n) is 1.38. The summed E-state index contributed by atoms with van der Waals surface area (Å²) >= 11 is 0. The Labute approximate surface area is 102 Å². The number of carbonyl (C=O) groups is 1. The van der Waals surface area contributed by atoms with Crippen LogP contribution < -0.4 is 5.73 Å². The number of carboxylic acids is 1. The van der Waals surface area contributed by atoms with E-state index < -0.39 is 41.1 Å². The molecule has 0 aliphatic heterocycles. The minimum atomic E-state index is -5.26. The summed E-state index contributed by atoms with van der Waals surface area (Å²) < 4.78 is 74.9. The van der Waals surface area contributed by atoms with Crippen LogP contribution >= 0.6 is 0 Å². The van der Waals surface area contributed by atoms with Crippen molar-refractivity contribution < 1.29 is 36.2 Å². The molecule has 19 heavy (non-hydrogen) atoms. The van der Waals surface area contributed by atoms with Crippen LogP contribution in [0.2, 0.25) is 0 Å². The molecule has 1 rings (SSSR count). The van der Waals surface area contributed by atoms with Crippen LogP contribution in [0.5, 0.6) is 0 Å². The fourth-order valence-corrected chi connectivity index (χ4v) is 1.38. The Hall–Kier alpha value is -1.77. The molecule has 3 N–H and O–H groups in total. The molecule has 0 aliphatic rings. The average Bonchev–Trinajstić information content (AvgIpc) is 2.24. The van der Waals surface area contributed by atoms with E-state index in [2.05, 4.69) is 0 Å². The Bertz CT molecular complexity index is 494. The molecule has 9 heteroatoms. The molecule has 0 bridgehead atoms. The van der Waals surface area contributed by atoms with E-state index in [9.17, 15) is 31.1 Å². The lowest BCUT2D eigenvalue weighted by molar-refractivity contribution is -0.162. The van der Waals surface area contributed by atoms with Crippen molar-refractivity contribution >= 4 is 5.97 Å². The van der Waals surface area contributed by atoms with Crippen molar-refractivity contribution in [1.29, 1.82) is 0 Å². The lowest BCUT2D eigenvalue weighted by atomic mass is 9.99. The predicted octanol–water partition coefficient (Wildman–Crippen LogP) is 2.81. The summed E-state index contributed by atoms with van der Waals surface area (Å²) in [5, 5.41) is 8.53. The molecular formula is C10H7F6NO2. The zero-order chi connectivity index (χ0) is 15.0. The van der Waals surface area contributed by atoms with Crippen molar-refractivity contribution in [3.63, 3.8) is 0 Å². The zero-order valence-electron chi connectivity index (χ0n) is 9.01. The van der Waals surface area contributed by atoms with E-state index in [1.807, 2.05) is 0 Å². The SMILES string of the molecule is N[C@H](C(=O)O)c1ccc(C(F)(F)F)c(C(F)(F)F)c1.